The minimum absolute atomic E-state index is 0.00111. The van der Waals surface area contributed by atoms with Gasteiger partial charge in [-0.15, -0.1) is 0 Å². The molecule has 12 heteroatoms. The molecule has 0 saturated heterocycles. The molecule has 0 radical (unpaired) electrons. The summed E-state index contributed by atoms with van der Waals surface area (Å²) in [6.45, 7) is -0.225. The van der Waals surface area contributed by atoms with E-state index in [1.165, 1.54) is 16.8 Å². The van der Waals surface area contributed by atoms with Gasteiger partial charge in [-0.05, 0) is 29.6 Å². The summed E-state index contributed by atoms with van der Waals surface area (Å²) in [4.78, 5) is 30.5. The second kappa shape index (κ2) is 9.40. The maximum atomic E-state index is 13.1. The molecule has 0 spiro atoms. The molecule has 1 aromatic heterocycles. The predicted octanol–water partition coefficient (Wildman–Crippen LogP) is -0.520. The van der Waals surface area contributed by atoms with E-state index in [2.05, 4.69) is 9.88 Å². The number of nitrogens with one attached hydrogen (secondary N) is 1. The number of carbonyl (C=O) groups is 1. The lowest BCUT2D eigenvalue weighted by Crippen LogP contribution is -2.42. The maximum Gasteiger partial charge on any atom is 0.255 e. The van der Waals surface area contributed by atoms with E-state index in [-0.39, 0.29) is 30.4 Å². The molecule has 1 aromatic carbocycles. The lowest BCUT2D eigenvalue weighted by Gasteiger charge is -2.25. The van der Waals surface area contributed by atoms with Crippen LogP contribution in [0.4, 0.5) is 0 Å². The van der Waals surface area contributed by atoms with E-state index >= 15 is 0 Å². The van der Waals surface area contributed by atoms with Gasteiger partial charge in [0.2, 0.25) is 21.9 Å². The van der Waals surface area contributed by atoms with Crippen LogP contribution in [0.2, 0.25) is 0 Å². The first kappa shape index (κ1) is 23.3. The second-order valence-corrected chi connectivity index (χ2v) is 9.58. The lowest BCUT2D eigenvalue weighted by molar-refractivity contribution is -0.124. The number of sulfonamides is 1. The highest BCUT2D eigenvalue weighted by atomic mass is 32.2. The molecule has 0 aliphatic heterocycles. The van der Waals surface area contributed by atoms with Crippen LogP contribution in [0.3, 0.4) is 0 Å². The SMILES string of the molecule is NC(=O)C(n1cccc(CNS(=O)(=O)Cc2ccccc2)c1=O)C1(CON=C(N)N)CC1. The second-order valence-electron chi connectivity index (χ2n) is 7.77. The van der Waals surface area contributed by atoms with Crippen LogP contribution in [-0.2, 0) is 32.0 Å². The van der Waals surface area contributed by atoms with E-state index < -0.39 is 32.9 Å². The van der Waals surface area contributed by atoms with Crippen LogP contribution in [0.25, 0.3) is 0 Å². The third-order valence-electron chi connectivity index (χ3n) is 5.28. The van der Waals surface area contributed by atoms with Gasteiger partial charge in [-0.1, -0.05) is 36.4 Å². The molecule has 1 aliphatic rings. The van der Waals surface area contributed by atoms with Crippen molar-refractivity contribution in [3.05, 3.63) is 70.1 Å². The molecule has 172 valence electrons. The molecule has 3 rings (SSSR count). The molecule has 1 amide bonds. The van der Waals surface area contributed by atoms with Crippen LogP contribution in [0.1, 0.15) is 30.0 Å². The van der Waals surface area contributed by atoms with Gasteiger partial charge in [0.25, 0.3) is 5.56 Å². The fourth-order valence-corrected chi connectivity index (χ4v) is 4.66. The van der Waals surface area contributed by atoms with Crippen molar-refractivity contribution >= 4 is 21.9 Å². The van der Waals surface area contributed by atoms with Crippen molar-refractivity contribution in [1.82, 2.24) is 9.29 Å². The monoisotopic (exact) mass is 462 g/mol. The Morgan fingerprint density at radius 3 is 2.44 bits per heavy atom. The summed E-state index contributed by atoms with van der Waals surface area (Å²) < 4.78 is 28.5. The van der Waals surface area contributed by atoms with Crippen molar-refractivity contribution in [3.8, 4) is 0 Å². The van der Waals surface area contributed by atoms with Gasteiger partial charge < -0.3 is 26.6 Å². The predicted molar refractivity (Wildman–Crippen MR) is 118 cm³/mol. The molecular formula is C20H26N6O5S. The fourth-order valence-electron chi connectivity index (χ4n) is 3.55. The van der Waals surface area contributed by atoms with Gasteiger partial charge in [0.1, 0.15) is 12.6 Å². The van der Waals surface area contributed by atoms with Gasteiger partial charge in [0, 0.05) is 23.7 Å². The first-order valence-corrected chi connectivity index (χ1v) is 11.5. The molecule has 1 fully saturated rings. The number of primary amides is 1. The van der Waals surface area contributed by atoms with Crippen LogP contribution in [0.15, 0.2) is 58.6 Å². The Labute approximate surface area is 185 Å². The Morgan fingerprint density at radius 1 is 1.16 bits per heavy atom. The number of carbonyl (C=O) groups excluding carboxylic acids is 1. The van der Waals surface area contributed by atoms with Crippen LogP contribution in [0.5, 0.6) is 0 Å². The van der Waals surface area contributed by atoms with E-state index in [9.17, 15) is 18.0 Å². The molecule has 1 saturated carbocycles. The zero-order valence-electron chi connectivity index (χ0n) is 17.3. The number of benzene rings is 1. The topological polar surface area (TPSA) is 185 Å². The zero-order chi connectivity index (χ0) is 23.4. The van der Waals surface area contributed by atoms with Crippen LogP contribution >= 0.6 is 0 Å². The molecule has 1 aliphatic carbocycles. The van der Waals surface area contributed by atoms with E-state index in [1.807, 2.05) is 0 Å². The number of pyridine rings is 1. The Hall–Kier alpha value is -3.38. The van der Waals surface area contributed by atoms with E-state index in [0.29, 0.717) is 18.4 Å². The summed E-state index contributed by atoms with van der Waals surface area (Å²) in [5, 5.41) is 3.47. The van der Waals surface area contributed by atoms with Crippen molar-refractivity contribution in [2.75, 3.05) is 6.61 Å². The normalized spacial score (nSPS) is 15.5. The molecule has 1 heterocycles. The standard InChI is InChI=1S/C20H26N6O5S/c21-17(27)16(20(8-9-20)13-31-25-19(22)23)26-10-4-7-15(18(26)28)11-24-32(29,30)12-14-5-2-1-3-6-14/h1-7,10,16,24H,8-9,11-13H2,(H2,21,27)(H4,22,23,25). The number of rotatable bonds is 11. The number of guanidine groups is 1. The number of aromatic nitrogens is 1. The number of nitrogens with two attached hydrogens (primary N) is 3. The quantitative estimate of drug-likeness (QED) is 0.196. The van der Waals surface area contributed by atoms with Gasteiger partial charge in [0.05, 0.1) is 5.75 Å². The van der Waals surface area contributed by atoms with Gasteiger partial charge >= 0.3 is 0 Å². The summed E-state index contributed by atoms with van der Waals surface area (Å²) in [6.07, 6.45) is 2.61. The Bertz CT molecular complexity index is 1150. The van der Waals surface area contributed by atoms with Gasteiger partial charge in [-0.25, -0.2) is 13.1 Å². The number of oxime groups is 1. The van der Waals surface area contributed by atoms with Crippen LogP contribution in [-0.4, -0.2) is 31.5 Å². The van der Waals surface area contributed by atoms with Crippen molar-refractivity contribution in [2.24, 2.45) is 27.8 Å². The van der Waals surface area contributed by atoms with E-state index in [4.69, 9.17) is 22.0 Å². The highest BCUT2D eigenvalue weighted by Crippen LogP contribution is 2.54. The molecule has 32 heavy (non-hydrogen) atoms. The molecule has 7 N–H and O–H groups in total. The average Bonchev–Trinajstić information content (AvgIpc) is 3.49. The third-order valence-corrected chi connectivity index (χ3v) is 6.57. The van der Waals surface area contributed by atoms with Crippen LogP contribution in [0, 0.1) is 5.41 Å². The first-order chi connectivity index (χ1) is 15.1. The fraction of sp³-hybridized carbons (Fsp3) is 0.350. The van der Waals surface area contributed by atoms with Crippen LogP contribution < -0.4 is 27.5 Å². The Balaban J connectivity index is 1.78. The highest BCUT2D eigenvalue weighted by Gasteiger charge is 2.54. The number of amides is 1. The highest BCUT2D eigenvalue weighted by molar-refractivity contribution is 7.88. The third kappa shape index (κ3) is 5.65. The largest absolute Gasteiger partial charge is 0.392 e. The van der Waals surface area contributed by atoms with Gasteiger partial charge in [-0.2, -0.15) is 0 Å². The van der Waals surface area contributed by atoms with Crippen molar-refractivity contribution in [3.63, 3.8) is 0 Å². The van der Waals surface area contributed by atoms with E-state index in [0.717, 1.165) is 0 Å². The minimum atomic E-state index is -3.68. The summed E-state index contributed by atoms with van der Waals surface area (Å²) in [5.41, 5.74) is 15.7. The first-order valence-electron chi connectivity index (χ1n) is 9.85. The summed E-state index contributed by atoms with van der Waals surface area (Å²) in [6, 6.07) is 10.7. The summed E-state index contributed by atoms with van der Waals surface area (Å²) in [7, 11) is -3.68. The average molecular weight is 463 g/mol. The molecule has 11 nitrogen and oxygen atoms in total. The van der Waals surface area contributed by atoms with Gasteiger partial charge in [0.15, 0.2) is 0 Å². The smallest absolute Gasteiger partial charge is 0.255 e. The molecular weight excluding hydrogens is 436 g/mol. The van der Waals surface area contributed by atoms with Crippen molar-refractivity contribution in [1.29, 1.82) is 0 Å². The number of nitrogens with zero attached hydrogens (tertiary/aromatic N) is 2. The lowest BCUT2D eigenvalue weighted by atomic mass is 9.96. The Morgan fingerprint density at radius 2 is 1.84 bits per heavy atom. The molecule has 1 atom stereocenters. The van der Waals surface area contributed by atoms with Crippen molar-refractivity contribution < 1.29 is 18.0 Å². The minimum Gasteiger partial charge on any atom is -0.392 e. The summed E-state index contributed by atoms with van der Waals surface area (Å²) in [5.74, 6) is -1.19. The molecule has 0 bridgehead atoms. The van der Waals surface area contributed by atoms with Crippen molar-refractivity contribution in [2.45, 2.75) is 31.2 Å². The number of hydrogen-bond acceptors (Lipinski definition) is 6. The molecule has 1 unspecified atom stereocenters. The summed E-state index contributed by atoms with van der Waals surface area (Å²) >= 11 is 0. The number of hydrogen-bond donors (Lipinski definition) is 4. The Kier molecular flexibility index (Phi) is 6.84. The van der Waals surface area contributed by atoms with Gasteiger partial charge in [-0.3, -0.25) is 9.59 Å². The zero-order valence-corrected chi connectivity index (χ0v) is 18.1. The molecule has 2 aromatic rings. The van der Waals surface area contributed by atoms with E-state index in [1.54, 1.807) is 36.4 Å². The maximum absolute atomic E-state index is 13.1.